The van der Waals surface area contributed by atoms with Crippen LogP contribution in [0.4, 0.5) is 0 Å². The van der Waals surface area contributed by atoms with Gasteiger partial charge in [-0.3, -0.25) is 4.79 Å². The molecule has 1 aliphatic rings. The predicted octanol–water partition coefficient (Wildman–Crippen LogP) is 1.21. The van der Waals surface area contributed by atoms with Gasteiger partial charge in [0.1, 0.15) is 0 Å². The highest BCUT2D eigenvalue weighted by Gasteiger charge is 2.32. The molecule has 1 rings (SSSR count). The van der Waals surface area contributed by atoms with Gasteiger partial charge in [-0.05, 0) is 44.7 Å². The summed E-state index contributed by atoms with van der Waals surface area (Å²) in [6, 6.07) is -0.0612. The van der Waals surface area contributed by atoms with Crippen LogP contribution in [0.3, 0.4) is 0 Å². The molecular weight excluding hydrogens is 226 g/mol. The highest BCUT2D eigenvalue weighted by atomic mass is 16.1. The van der Waals surface area contributed by atoms with E-state index in [0.717, 1.165) is 13.1 Å². The first-order valence-electron chi connectivity index (χ1n) is 7.02. The monoisotopic (exact) mass is 255 g/mol. The molecule has 1 amide bonds. The van der Waals surface area contributed by atoms with E-state index in [1.807, 2.05) is 6.92 Å². The second-order valence-corrected chi connectivity index (χ2v) is 6.55. The van der Waals surface area contributed by atoms with Crippen molar-refractivity contribution in [2.75, 3.05) is 26.7 Å². The van der Waals surface area contributed by atoms with Crippen molar-refractivity contribution in [3.63, 3.8) is 0 Å². The molecule has 0 spiro atoms. The van der Waals surface area contributed by atoms with E-state index in [1.54, 1.807) is 0 Å². The first-order chi connectivity index (χ1) is 8.31. The van der Waals surface area contributed by atoms with E-state index in [-0.39, 0.29) is 17.4 Å². The van der Waals surface area contributed by atoms with Crippen LogP contribution in [0.25, 0.3) is 0 Å². The molecule has 0 saturated carbocycles. The Kier molecular flexibility index (Phi) is 5.60. The van der Waals surface area contributed by atoms with Gasteiger partial charge in [-0.15, -0.1) is 0 Å². The Labute approximate surface area is 111 Å². The van der Waals surface area contributed by atoms with Gasteiger partial charge >= 0.3 is 0 Å². The zero-order valence-electron chi connectivity index (χ0n) is 12.3. The van der Waals surface area contributed by atoms with Gasteiger partial charge in [0.15, 0.2) is 0 Å². The van der Waals surface area contributed by atoms with Gasteiger partial charge in [0.25, 0.3) is 0 Å². The number of amides is 1. The molecule has 0 aromatic heterocycles. The number of likely N-dealkylation sites (tertiary alicyclic amines) is 1. The second-order valence-electron chi connectivity index (χ2n) is 6.55. The molecule has 2 atom stereocenters. The molecule has 4 heteroatoms. The van der Waals surface area contributed by atoms with Crippen LogP contribution in [0.1, 0.15) is 40.0 Å². The summed E-state index contributed by atoms with van der Waals surface area (Å²) in [5, 5.41) is 3.03. The van der Waals surface area contributed by atoms with E-state index in [9.17, 15) is 4.79 Å². The van der Waals surface area contributed by atoms with E-state index in [0.29, 0.717) is 12.3 Å². The van der Waals surface area contributed by atoms with Crippen molar-refractivity contribution in [1.29, 1.82) is 0 Å². The molecule has 3 N–H and O–H groups in total. The summed E-state index contributed by atoms with van der Waals surface area (Å²) in [5.41, 5.74) is 5.78. The minimum Gasteiger partial charge on any atom is -0.356 e. The van der Waals surface area contributed by atoms with Crippen LogP contribution in [-0.2, 0) is 4.79 Å². The lowest BCUT2D eigenvalue weighted by Gasteiger charge is -2.40. The number of rotatable bonds is 5. The first-order valence-corrected chi connectivity index (χ1v) is 7.02. The van der Waals surface area contributed by atoms with Crippen molar-refractivity contribution in [3.8, 4) is 0 Å². The summed E-state index contributed by atoms with van der Waals surface area (Å²) in [6.07, 6.45) is 2.94. The highest BCUT2D eigenvalue weighted by molar-refractivity contribution is 5.76. The Hall–Kier alpha value is -0.610. The van der Waals surface area contributed by atoms with Crippen LogP contribution < -0.4 is 11.1 Å². The number of carbonyl (C=O) groups is 1. The van der Waals surface area contributed by atoms with Gasteiger partial charge in [0.05, 0.1) is 0 Å². The van der Waals surface area contributed by atoms with Crippen molar-refractivity contribution in [2.24, 2.45) is 17.1 Å². The lowest BCUT2D eigenvalue weighted by atomic mass is 9.74. The smallest absolute Gasteiger partial charge is 0.221 e. The first kappa shape index (κ1) is 15.4. The molecule has 2 unspecified atom stereocenters. The van der Waals surface area contributed by atoms with Crippen molar-refractivity contribution in [3.05, 3.63) is 0 Å². The molecule has 1 saturated heterocycles. The molecular formula is C14H29N3O. The third-order valence-corrected chi connectivity index (χ3v) is 3.98. The van der Waals surface area contributed by atoms with E-state index in [4.69, 9.17) is 5.73 Å². The molecule has 0 aliphatic carbocycles. The predicted molar refractivity (Wildman–Crippen MR) is 75.3 cm³/mol. The van der Waals surface area contributed by atoms with Crippen molar-refractivity contribution < 1.29 is 4.79 Å². The maximum Gasteiger partial charge on any atom is 0.221 e. The third-order valence-electron chi connectivity index (χ3n) is 3.98. The number of nitrogens with two attached hydrogens (primary N) is 1. The van der Waals surface area contributed by atoms with Crippen LogP contribution in [0, 0.1) is 11.3 Å². The Balaban J connectivity index is 2.41. The minimum absolute atomic E-state index is 0.0612. The maximum atomic E-state index is 11.6. The average Bonchev–Trinajstić information content (AvgIpc) is 2.26. The number of piperidine rings is 1. The van der Waals surface area contributed by atoms with Gasteiger partial charge in [-0.1, -0.05) is 13.8 Å². The number of carbonyl (C=O) groups excluding carboxylic acids is 1. The summed E-state index contributed by atoms with van der Waals surface area (Å²) >= 11 is 0. The topological polar surface area (TPSA) is 58.4 Å². The van der Waals surface area contributed by atoms with Crippen LogP contribution in [0.15, 0.2) is 0 Å². The van der Waals surface area contributed by atoms with Crippen LogP contribution in [0.2, 0.25) is 0 Å². The molecule has 1 fully saturated rings. The lowest BCUT2D eigenvalue weighted by Crippen LogP contribution is -2.45. The number of hydrogen-bond acceptors (Lipinski definition) is 3. The molecule has 1 heterocycles. The fraction of sp³-hybridized carbons (Fsp3) is 0.929. The van der Waals surface area contributed by atoms with Gasteiger partial charge in [0.2, 0.25) is 5.91 Å². The lowest BCUT2D eigenvalue weighted by molar-refractivity contribution is -0.122. The average molecular weight is 255 g/mol. The van der Waals surface area contributed by atoms with Crippen LogP contribution in [0.5, 0.6) is 0 Å². The SMILES string of the molecule is CC(N)CC(=O)NCC(C)(C)C1CCCN(C)C1. The number of nitrogens with one attached hydrogen (secondary N) is 1. The zero-order chi connectivity index (χ0) is 13.8. The van der Waals surface area contributed by atoms with Gasteiger partial charge in [0, 0.05) is 25.6 Å². The van der Waals surface area contributed by atoms with E-state index in [1.165, 1.54) is 19.4 Å². The summed E-state index contributed by atoms with van der Waals surface area (Å²) in [5.74, 6) is 0.731. The molecule has 1 aliphatic heterocycles. The molecule has 0 aromatic carbocycles. The second kappa shape index (κ2) is 6.53. The molecule has 0 bridgehead atoms. The molecule has 106 valence electrons. The van der Waals surface area contributed by atoms with Crippen LogP contribution in [-0.4, -0.2) is 43.5 Å². The Morgan fingerprint density at radius 2 is 2.22 bits per heavy atom. The molecule has 0 aromatic rings. The van der Waals surface area contributed by atoms with E-state index >= 15 is 0 Å². The molecule has 0 radical (unpaired) electrons. The number of hydrogen-bond donors (Lipinski definition) is 2. The maximum absolute atomic E-state index is 11.6. The van der Waals surface area contributed by atoms with Crippen molar-refractivity contribution in [1.82, 2.24) is 10.2 Å². The van der Waals surface area contributed by atoms with Crippen LogP contribution >= 0.6 is 0 Å². The minimum atomic E-state index is -0.0612. The standard InChI is InChI=1S/C14H29N3O/c1-11(15)8-13(18)16-10-14(2,3)12-6-5-7-17(4)9-12/h11-12H,5-10,15H2,1-4H3,(H,16,18). The molecule has 4 nitrogen and oxygen atoms in total. The Morgan fingerprint density at radius 1 is 1.56 bits per heavy atom. The fourth-order valence-corrected chi connectivity index (χ4v) is 2.64. The Bertz CT molecular complexity index is 276. The fourth-order valence-electron chi connectivity index (χ4n) is 2.64. The molecule has 18 heavy (non-hydrogen) atoms. The highest BCUT2D eigenvalue weighted by Crippen LogP contribution is 2.32. The number of nitrogens with zero attached hydrogens (tertiary/aromatic N) is 1. The quantitative estimate of drug-likeness (QED) is 0.776. The Morgan fingerprint density at radius 3 is 2.78 bits per heavy atom. The van der Waals surface area contributed by atoms with E-state index in [2.05, 4.69) is 31.1 Å². The zero-order valence-corrected chi connectivity index (χ0v) is 12.3. The van der Waals surface area contributed by atoms with Gasteiger partial charge in [-0.25, -0.2) is 0 Å². The largest absolute Gasteiger partial charge is 0.356 e. The van der Waals surface area contributed by atoms with Crippen molar-refractivity contribution >= 4 is 5.91 Å². The van der Waals surface area contributed by atoms with Gasteiger partial charge in [-0.2, -0.15) is 0 Å². The summed E-state index contributed by atoms with van der Waals surface area (Å²) in [7, 11) is 2.18. The summed E-state index contributed by atoms with van der Waals surface area (Å²) < 4.78 is 0. The van der Waals surface area contributed by atoms with Crippen molar-refractivity contribution in [2.45, 2.75) is 46.1 Å². The van der Waals surface area contributed by atoms with Gasteiger partial charge < -0.3 is 16.0 Å². The summed E-state index contributed by atoms with van der Waals surface area (Å²) in [4.78, 5) is 14.0. The third kappa shape index (κ3) is 4.94. The summed E-state index contributed by atoms with van der Waals surface area (Å²) in [6.45, 7) is 9.45. The van der Waals surface area contributed by atoms with E-state index < -0.39 is 0 Å². The normalized spacial score (nSPS) is 23.7.